The van der Waals surface area contributed by atoms with Gasteiger partial charge >= 0.3 is 156 Å². The van der Waals surface area contributed by atoms with Gasteiger partial charge in [-0.25, -0.2) is 0 Å². The van der Waals surface area contributed by atoms with E-state index >= 15 is 0 Å². The number of aromatic nitrogens is 1. The summed E-state index contributed by atoms with van der Waals surface area (Å²) in [7, 11) is 0. The summed E-state index contributed by atoms with van der Waals surface area (Å²) in [6, 6.07) is 8.46. The summed E-state index contributed by atoms with van der Waals surface area (Å²) in [6.45, 7) is 4.00. The molecule has 24 heavy (non-hydrogen) atoms. The molecule has 0 fully saturated rings. The molecule has 2 heterocycles. The minimum absolute atomic E-state index is 0.210. The molecule has 0 saturated carbocycles. The van der Waals surface area contributed by atoms with Gasteiger partial charge in [0.25, 0.3) is 0 Å². The van der Waals surface area contributed by atoms with Gasteiger partial charge in [-0.1, -0.05) is 0 Å². The van der Waals surface area contributed by atoms with Crippen molar-refractivity contribution in [2.45, 2.75) is 13.8 Å². The van der Waals surface area contributed by atoms with Crippen molar-refractivity contribution in [2.24, 2.45) is 5.73 Å². The average Bonchev–Trinajstić information content (AvgIpc) is 2.92. The van der Waals surface area contributed by atoms with E-state index in [0.29, 0.717) is 16.4 Å². The van der Waals surface area contributed by atoms with Crippen LogP contribution in [-0.2, 0) is 0 Å². The van der Waals surface area contributed by atoms with Gasteiger partial charge in [0, 0.05) is 0 Å². The van der Waals surface area contributed by atoms with Crippen LogP contribution in [0.25, 0.3) is 3.58 Å². The second-order valence-electron chi connectivity index (χ2n) is 5.36. The van der Waals surface area contributed by atoms with Gasteiger partial charge in [-0.05, 0) is 0 Å². The molecule has 2 aromatic rings. The number of halogens is 1. The summed E-state index contributed by atoms with van der Waals surface area (Å²) in [5, 5.41) is 3.34. The van der Waals surface area contributed by atoms with Crippen LogP contribution in [0.4, 0.5) is 0 Å². The molecule has 3 N–H and O–H groups in total. The van der Waals surface area contributed by atoms with Crippen molar-refractivity contribution in [1.29, 1.82) is 0 Å². The first-order chi connectivity index (χ1) is 11.5. The van der Waals surface area contributed by atoms with E-state index in [9.17, 15) is 4.79 Å². The molecule has 1 aliphatic heterocycles. The third kappa shape index (κ3) is 3.93. The van der Waals surface area contributed by atoms with E-state index in [2.05, 4.69) is 51.6 Å². The van der Waals surface area contributed by atoms with Crippen molar-refractivity contribution in [2.75, 3.05) is 0 Å². The summed E-state index contributed by atoms with van der Waals surface area (Å²) in [4.78, 5) is 17.4. The average molecular weight is 450 g/mol. The van der Waals surface area contributed by atoms with Crippen molar-refractivity contribution in [3.05, 3.63) is 79.1 Å². The van der Waals surface area contributed by atoms with E-state index in [1.165, 1.54) is 26.0 Å². The Morgan fingerprint density at radius 3 is 2.62 bits per heavy atom. The Morgan fingerprint density at radius 2 is 1.96 bits per heavy atom. The van der Waals surface area contributed by atoms with E-state index < -0.39 is 21.2 Å². The van der Waals surface area contributed by atoms with E-state index in [4.69, 9.17) is 5.73 Å². The first-order valence-electron chi connectivity index (χ1n) is 7.35. The van der Waals surface area contributed by atoms with Gasteiger partial charge in [0.2, 0.25) is 0 Å². The van der Waals surface area contributed by atoms with Crippen LogP contribution in [0.15, 0.2) is 58.1 Å². The molecule has 0 spiro atoms. The summed E-state index contributed by atoms with van der Waals surface area (Å²) < 4.78 is 3.33. The Labute approximate surface area is 155 Å². The minimum atomic E-state index is -0.396. The number of carbonyl (C=O) groups is 1. The molecule has 1 aromatic heterocycles. The molecule has 0 saturated heterocycles. The zero-order valence-corrected chi connectivity index (χ0v) is 16.3. The molecule has 0 radical (unpaired) electrons. The number of aryl methyl sites for hydroxylation is 2. The first kappa shape index (κ1) is 16.9. The molecule has 6 heteroatoms. The second-order valence-corrected chi connectivity index (χ2v) is 9.01. The topological polar surface area (TPSA) is 68.0 Å². The standard InChI is InChI=1S/C18H17IN3OS/c1-11-3-5-13(6-4-11)14-7-8-15(20)16(9-19-14)22-17(23)18-21-10-12(2)24-18/h3-10H,20H2,1-2H3,(H,22,23)/q-1. The molecule has 1 aliphatic rings. The molecular formula is C18H17IN3OS-. The molecule has 4 nitrogen and oxygen atoms in total. The number of carbonyl (C=O) groups excluding carboxylic acids is 1. The van der Waals surface area contributed by atoms with Gasteiger partial charge in [-0.3, -0.25) is 0 Å². The van der Waals surface area contributed by atoms with Crippen LogP contribution < -0.4 is 32.3 Å². The number of rotatable bonds is 3. The van der Waals surface area contributed by atoms with Crippen LogP contribution >= 0.6 is 11.3 Å². The van der Waals surface area contributed by atoms with Gasteiger partial charge in [0.15, 0.2) is 0 Å². The zero-order chi connectivity index (χ0) is 17.1. The number of thiazole rings is 1. The van der Waals surface area contributed by atoms with Crippen LogP contribution in [0, 0.1) is 13.8 Å². The first-order valence-corrected chi connectivity index (χ1v) is 10.5. The number of amides is 1. The van der Waals surface area contributed by atoms with Gasteiger partial charge < -0.3 is 0 Å². The van der Waals surface area contributed by atoms with Crippen molar-refractivity contribution >= 4 is 20.8 Å². The molecule has 3 rings (SSSR count). The Morgan fingerprint density at radius 1 is 1.21 bits per heavy atom. The Bertz CT molecular complexity index is 863. The number of hydrogen-bond acceptors (Lipinski definition) is 4. The van der Waals surface area contributed by atoms with Gasteiger partial charge in [-0.2, -0.15) is 0 Å². The number of allylic oxidation sites excluding steroid dienone is 2. The summed E-state index contributed by atoms with van der Waals surface area (Å²) in [5.41, 5.74) is 9.80. The fourth-order valence-corrected chi connectivity index (χ4v) is 5.00. The van der Waals surface area contributed by atoms with E-state index in [1.54, 1.807) is 6.20 Å². The molecule has 0 atom stereocenters. The van der Waals surface area contributed by atoms with E-state index in [-0.39, 0.29) is 5.91 Å². The summed E-state index contributed by atoms with van der Waals surface area (Å²) >= 11 is 0.979. The van der Waals surface area contributed by atoms with Crippen molar-refractivity contribution < 1.29 is 26.0 Å². The van der Waals surface area contributed by atoms with Crippen molar-refractivity contribution in [3.8, 4) is 0 Å². The van der Waals surface area contributed by atoms with E-state index in [1.807, 2.05) is 13.0 Å². The SMILES string of the molecule is Cc1ccc(C2=CC=C(N)C(NC(=O)c3ncc(C)s3)=C[I-]2)cc1. The third-order valence-corrected chi connectivity index (χ3v) is 6.89. The Kier molecular flexibility index (Phi) is 5.15. The van der Waals surface area contributed by atoms with Crippen LogP contribution in [-0.4, -0.2) is 10.9 Å². The molecule has 1 amide bonds. The number of benzene rings is 1. The van der Waals surface area contributed by atoms with Crippen molar-refractivity contribution in [1.82, 2.24) is 10.3 Å². The zero-order valence-electron chi connectivity index (χ0n) is 13.3. The molecule has 0 bridgehead atoms. The fourth-order valence-electron chi connectivity index (χ4n) is 2.07. The molecule has 0 unspecified atom stereocenters. The number of nitrogens with one attached hydrogen (secondary N) is 1. The maximum atomic E-state index is 12.3. The third-order valence-electron chi connectivity index (χ3n) is 3.39. The number of nitrogens with zero attached hydrogens (tertiary/aromatic N) is 1. The normalized spacial score (nSPS) is 14.7. The van der Waals surface area contributed by atoms with Crippen LogP contribution in [0.5, 0.6) is 0 Å². The number of hydrogen-bond donors (Lipinski definition) is 2. The second kappa shape index (κ2) is 7.31. The van der Waals surface area contributed by atoms with Crippen LogP contribution in [0.2, 0.25) is 0 Å². The number of nitrogens with two attached hydrogens (primary N) is 1. The van der Waals surface area contributed by atoms with Gasteiger partial charge in [0.1, 0.15) is 0 Å². The fraction of sp³-hybridized carbons (Fsp3) is 0.111. The molecular weight excluding hydrogens is 433 g/mol. The summed E-state index contributed by atoms with van der Waals surface area (Å²) in [5.74, 6) is -0.210. The Balaban J connectivity index is 1.77. The maximum absolute atomic E-state index is 12.3. The summed E-state index contributed by atoms with van der Waals surface area (Å²) in [6.07, 6.45) is 5.61. The molecule has 1 aromatic carbocycles. The van der Waals surface area contributed by atoms with Crippen molar-refractivity contribution in [3.63, 3.8) is 0 Å². The Hall–Kier alpha value is -1.93. The van der Waals surface area contributed by atoms with Crippen LogP contribution in [0.3, 0.4) is 0 Å². The predicted octanol–water partition coefficient (Wildman–Crippen LogP) is 0.317. The van der Waals surface area contributed by atoms with Gasteiger partial charge in [-0.15, -0.1) is 0 Å². The monoisotopic (exact) mass is 450 g/mol. The quantitative estimate of drug-likeness (QED) is 0.663. The molecule has 124 valence electrons. The van der Waals surface area contributed by atoms with E-state index in [0.717, 1.165) is 4.88 Å². The predicted molar refractivity (Wildman–Crippen MR) is 93.8 cm³/mol. The van der Waals surface area contributed by atoms with Gasteiger partial charge in [0.05, 0.1) is 0 Å². The molecule has 0 aliphatic carbocycles. The van der Waals surface area contributed by atoms with Crippen LogP contribution in [0.1, 0.15) is 25.8 Å².